The summed E-state index contributed by atoms with van der Waals surface area (Å²) in [6, 6.07) is -0.291. The molecule has 0 aromatic heterocycles. The highest BCUT2D eigenvalue weighted by atomic mass is 16.5. The molecular formula is C13H24N2O3. The summed E-state index contributed by atoms with van der Waals surface area (Å²) < 4.78 is 4.72. The maximum Gasteiger partial charge on any atom is 0.325 e. The van der Waals surface area contributed by atoms with Crippen LogP contribution in [0.15, 0.2) is 0 Å². The van der Waals surface area contributed by atoms with Crippen molar-refractivity contribution < 1.29 is 14.3 Å². The Kier molecular flexibility index (Phi) is 6.54. The lowest BCUT2D eigenvalue weighted by atomic mass is 9.80. The molecule has 2 N–H and O–H groups in total. The van der Waals surface area contributed by atoms with Crippen LogP contribution in [0.2, 0.25) is 0 Å². The van der Waals surface area contributed by atoms with Crippen LogP contribution in [0.5, 0.6) is 0 Å². The monoisotopic (exact) mass is 256 g/mol. The van der Waals surface area contributed by atoms with Gasteiger partial charge in [0.25, 0.3) is 0 Å². The summed E-state index contributed by atoms with van der Waals surface area (Å²) >= 11 is 0. The average molecular weight is 256 g/mol. The molecule has 0 spiro atoms. The van der Waals surface area contributed by atoms with Crippen molar-refractivity contribution in [2.24, 2.45) is 11.8 Å². The second kappa shape index (κ2) is 7.95. The van der Waals surface area contributed by atoms with Crippen molar-refractivity contribution >= 4 is 12.0 Å². The van der Waals surface area contributed by atoms with E-state index in [0.717, 1.165) is 0 Å². The first kappa shape index (κ1) is 14.8. The van der Waals surface area contributed by atoms with E-state index in [1.807, 2.05) is 0 Å². The van der Waals surface area contributed by atoms with Gasteiger partial charge in [0.2, 0.25) is 0 Å². The Hall–Kier alpha value is -1.26. The van der Waals surface area contributed by atoms with Crippen LogP contribution in [0.25, 0.3) is 0 Å². The van der Waals surface area contributed by atoms with Gasteiger partial charge in [-0.3, -0.25) is 4.79 Å². The Morgan fingerprint density at radius 3 is 2.61 bits per heavy atom. The van der Waals surface area contributed by atoms with Gasteiger partial charge in [-0.2, -0.15) is 0 Å². The van der Waals surface area contributed by atoms with Crippen LogP contribution in [0.4, 0.5) is 4.79 Å². The first-order valence-corrected chi connectivity index (χ1v) is 6.80. The number of carbonyl (C=O) groups excluding carboxylic acids is 2. The molecule has 104 valence electrons. The molecular weight excluding hydrogens is 232 g/mol. The van der Waals surface area contributed by atoms with Gasteiger partial charge in [-0.15, -0.1) is 0 Å². The Labute approximate surface area is 109 Å². The van der Waals surface area contributed by atoms with Crippen LogP contribution in [0.3, 0.4) is 0 Å². The molecule has 1 saturated carbocycles. The van der Waals surface area contributed by atoms with Crippen LogP contribution in [0, 0.1) is 11.8 Å². The van der Waals surface area contributed by atoms with E-state index in [-0.39, 0.29) is 12.6 Å². The second-order valence-electron chi connectivity index (χ2n) is 4.89. The fourth-order valence-electron chi connectivity index (χ4n) is 2.35. The fraction of sp³-hybridized carbons (Fsp3) is 0.846. The Morgan fingerprint density at radius 1 is 1.22 bits per heavy atom. The molecule has 1 aliphatic carbocycles. The minimum absolute atomic E-state index is 0.0696. The van der Waals surface area contributed by atoms with Crippen molar-refractivity contribution in [3.63, 3.8) is 0 Å². The zero-order valence-corrected chi connectivity index (χ0v) is 11.3. The molecule has 0 aromatic carbocycles. The average Bonchev–Trinajstić information content (AvgIpc) is 2.36. The van der Waals surface area contributed by atoms with E-state index in [9.17, 15) is 9.59 Å². The number of nitrogens with one attached hydrogen (secondary N) is 2. The second-order valence-corrected chi connectivity index (χ2v) is 4.89. The summed E-state index contributed by atoms with van der Waals surface area (Å²) in [6.07, 6.45) is 4.98. The first-order valence-electron chi connectivity index (χ1n) is 6.80. The molecule has 5 nitrogen and oxygen atoms in total. The highest BCUT2D eigenvalue weighted by molar-refractivity contribution is 5.80. The molecule has 0 aromatic rings. The largest absolute Gasteiger partial charge is 0.465 e. The summed E-state index contributed by atoms with van der Waals surface area (Å²) in [4.78, 5) is 22.5. The van der Waals surface area contributed by atoms with Gasteiger partial charge in [-0.25, -0.2) is 4.79 Å². The molecule has 5 heteroatoms. The van der Waals surface area contributed by atoms with Gasteiger partial charge in [0.15, 0.2) is 0 Å². The van der Waals surface area contributed by atoms with E-state index >= 15 is 0 Å². The molecule has 0 aliphatic heterocycles. The van der Waals surface area contributed by atoms with E-state index in [2.05, 4.69) is 17.6 Å². The zero-order valence-electron chi connectivity index (χ0n) is 11.3. The number of hydrogen-bond acceptors (Lipinski definition) is 3. The minimum Gasteiger partial charge on any atom is -0.465 e. The number of rotatable bonds is 5. The first-order chi connectivity index (χ1) is 8.63. The summed E-state index contributed by atoms with van der Waals surface area (Å²) in [5, 5.41) is 5.32. The molecule has 18 heavy (non-hydrogen) atoms. The van der Waals surface area contributed by atoms with E-state index in [1.165, 1.54) is 25.7 Å². The number of amides is 2. The molecule has 2 unspecified atom stereocenters. The molecule has 0 bridgehead atoms. The lowest BCUT2D eigenvalue weighted by Gasteiger charge is -2.28. The number of esters is 1. The van der Waals surface area contributed by atoms with Gasteiger partial charge in [-0.1, -0.05) is 26.2 Å². The van der Waals surface area contributed by atoms with Gasteiger partial charge in [0, 0.05) is 6.54 Å². The summed E-state index contributed by atoms with van der Waals surface area (Å²) in [6.45, 7) is 4.93. The lowest BCUT2D eigenvalue weighted by Crippen LogP contribution is -2.42. The number of ether oxygens (including phenoxy) is 1. The van der Waals surface area contributed by atoms with Gasteiger partial charge >= 0.3 is 12.0 Å². The Bertz CT molecular complexity index is 281. The van der Waals surface area contributed by atoms with Crippen LogP contribution < -0.4 is 10.6 Å². The fourth-order valence-corrected chi connectivity index (χ4v) is 2.35. The van der Waals surface area contributed by atoms with Crippen LogP contribution >= 0.6 is 0 Å². The van der Waals surface area contributed by atoms with Gasteiger partial charge < -0.3 is 15.4 Å². The van der Waals surface area contributed by atoms with Crippen molar-refractivity contribution in [1.29, 1.82) is 0 Å². The molecule has 2 amide bonds. The van der Waals surface area contributed by atoms with E-state index in [0.29, 0.717) is 25.0 Å². The molecule has 0 heterocycles. The van der Waals surface area contributed by atoms with Gasteiger partial charge in [0.05, 0.1) is 6.61 Å². The highest BCUT2D eigenvalue weighted by Crippen LogP contribution is 2.28. The van der Waals surface area contributed by atoms with Crippen molar-refractivity contribution in [2.75, 3.05) is 19.7 Å². The summed E-state index contributed by atoms with van der Waals surface area (Å²) in [7, 11) is 0. The van der Waals surface area contributed by atoms with Gasteiger partial charge in [-0.05, 0) is 25.2 Å². The predicted molar refractivity (Wildman–Crippen MR) is 69.2 cm³/mol. The van der Waals surface area contributed by atoms with Crippen molar-refractivity contribution in [3.05, 3.63) is 0 Å². The van der Waals surface area contributed by atoms with Crippen molar-refractivity contribution in [3.8, 4) is 0 Å². The normalized spacial score (nSPS) is 23.2. The third-order valence-electron chi connectivity index (χ3n) is 3.51. The van der Waals surface area contributed by atoms with Crippen molar-refractivity contribution in [2.45, 2.75) is 39.5 Å². The topological polar surface area (TPSA) is 67.4 Å². The predicted octanol–water partition coefficient (Wildman–Crippen LogP) is 1.67. The molecule has 1 fully saturated rings. The molecule has 0 radical (unpaired) electrons. The number of hydrogen-bond donors (Lipinski definition) is 2. The third-order valence-corrected chi connectivity index (χ3v) is 3.51. The third kappa shape index (κ3) is 5.38. The maximum atomic E-state index is 11.5. The van der Waals surface area contributed by atoms with Crippen LogP contribution in [-0.2, 0) is 9.53 Å². The molecule has 1 rings (SSSR count). The minimum atomic E-state index is -0.404. The summed E-state index contributed by atoms with van der Waals surface area (Å²) in [5.41, 5.74) is 0. The quantitative estimate of drug-likeness (QED) is 0.735. The van der Waals surface area contributed by atoms with Crippen molar-refractivity contribution in [1.82, 2.24) is 10.6 Å². The molecule has 0 saturated heterocycles. The number of carbonyl (C=O) groups is 2. The SMILES string of the molecule is CCOC(=O)CNC(=O)NCC1CCCCC1C. The standard InChI is InChI=1S/C13H24N2O3/c1-3-18-12(16)9-15-13(17)14-8-11-7-5-4-6-10(11)2/h10-11H,3-9H2,1-2H3,(H2,14,15,17). The van der Waals surface area contributed by atoms with E-state index < -0.39 is 5.97 Å². The Balaban J connectivity index is 2.14. The van der Waals surface area contributed by atoms with Crippen LogP contribution in [0.1, 0.15) is 39.5 Å². The Morgan fingerprint density at radius 2 is 1.94 bits per heavy atom. The van der Waals surface area contributed by atoms with E-state index in [4.69, 9.17) is 4.74 Å². The highest BCUT2D eigenvalue weighted by Gasteiger charge is 2.21. The molecule has 2 atom stereocenters. The lowest BCUT2D eigenvalue weighted by molar-refractivity contribution is -0.141. The van der Waals surface area contributed by atoms with E-state index in [1.54, 1.807) is 6.92 Å². The summed E-state index contributed by atoms with van der Waals surface area (Å²) in [5.74, 6) is 0.829. The van der Waals surface area contributed by atoms with Crippen LogP contribution in [-0.4, -0.2) is 31.7 Å². The maximum absolute atomic E-state index is 11.5. The smallest absolute Gasteiger partial charge is 0.325 e. The zero-order chi connectivity index (χ0) is 13.4. The molecule has 1 aliphatic rings. The van der Waals surface area contributed by atoms with Gasteiger partial charge in [0.1, 0.15) is 6.54 Å². The number of urea groups is 1.